The summed E-state index contributed by atoms with van der Waals surface area (Å²) < 4.78 is 1.94. The molecule has 3 heterocycles. The van der Waals surface area contributed by atoms with Crippen LogP contribution in [0.2, 0.25) is 0 Å². The summed E-state index contributed by atoms with van der Waals surface area (Å²) >= 11 is 0. The van der Waals surface area contributed by atoms with Crippen LogP contribution in [-0.2, 0) is 20.2 Å². The Hall–Kier alpha value is -2.31. The summed E-state index contributed by atoms with van der Waals surface area (Å²) in [5.41, 5.74) is 2.37. The van der Waals surface area contributed by atoms with Crippen LogP contribution in [-0.4, -0.2) is 42.8 Å². The fourth-order valence-electron chi connectivity index (χ4n) is 3.81. The lowest BCUT2D eigenvalue weighted by molar-refractivity contribution is 0.195. The maximum Gasteiger partial charge on any atom is 0.158 e. The number of rotatable bonds is 4. The Morgan fingerprint density at radius 2 is 2.08 bits per heavy atom. The molecule has 0 radical (unpaired) electrons. The lowest BCUT2D eigenvalue weighted by atomic mass is 9.96. The highest BCUT2D eigenvalue weighted by Crippen LogP contribution is 2.27. The molecule has 1 fully saturated rings. The topological polar surface area (TPSA) is 67.1 Å². The van der Waals surface area contributed by atoms with Crippen molar-refractivity contribution in [3.63, 3.8) is 0 Å². The van der Waals surface area contributed by atoms with Crippen molar-refractivity contribution in [1.29, 1.82) is 0 Å². The third kappa shape index (κ3) is 3.15. The summed E-state index contributed by atoms with van der Waals surface area (Å²) in [6.45, 7) is 2.92. The molecular formula is C19H23N5O. The summed E-state index contributed by atoms with van der Waals surface area (Å²) in [5.74, 6) is 1.97. The van der Waals surface area contributed by atoms with E-state index in [1.165, 1.54) is 10.9 Å². The number of para-hydroxylation sites is 1. The summed E-state index contributed by atoms with van der Waals surface area (Å²) in [7, 11) is 1.94. The van der Waals surface area contributed by atoms with E-state index in [9.17, 15) is 5.11 Å². The van der Waals surface area contributed by atoms with Gasteiger partial charge in [-0.2, -0.15) is 0 Å². The van der Waals surface area contributed by atoms with Gasteiger partial charge in [0, 0.05) is 37.6 Å². The van der Waals surface area contributed by atoms with Crippen molar-refractivity contribution in [2.45, 2.75) is 31.9 Å². The van der Waals surface area contributed by atoms with Crippen molar-refractivity contribution < 1.29 is 5.11 Å². The number of fused-ring (bicyclic) bond motifs is 1. The molecule has 0 amide bonds. The van der Waals surface area contributed by atoms with E-state index in [0.29, 0.717) is 11.7 Å². The lowest BCUT2D eigenvalue weighted by Gasteiger charge is -2.32. The normalized spacial score (nSPS) is 18.7. The molecule has 25 heavy (non-hydrogen) atoms. The van der Waals surface area contributed by atoms with Crippen LogP contribution in [0.5, 0.6) is 0 Å². The number of hydrogen-bond acceptors (Lipinski definition) is 5. The first-order chi connectivity index (χ1) is 12.3. The summed E-state index contributed by atoms with van der Waals surface area (Å²) in [6, 6.07) is 10.4. The van der Waals surface area contributed by atoms with Gasteiger partial charge in [0.15, 0.2) is 5.82 Å². The van der Waals surface area contributed by atoms with Crippen LogP contribution in [0.3, 0.4) is 0 Å². The van der Waals surface area contributed by atoms with Gasteiger partial charge in [-0.05, 0) is 37.1 Å². The van der Waals surface area contributed by atoms with Crippen LogP contribution < -0.4 is 0 Å². The monoisotopic (exact) mass is 337 g/mol. The number of hydrogen-bond donors (Lipinski definition) is 1. The smallest absolute Gasteiger partial charge is 0.158 e. The van der Waals surface area contributed by atoms with Crippen molar-refractivity contribution in [2.75, 3.05) is 13.1 Å². The van der Waals surface area contributed by atoms with E-state index in [2.05, 4.69) is 44.3 Å². The van der Waals surface area contributed by atoms with E-state index in [-0.39, 0.29) is 6.61 Å². The number of piperidine rings is 1. The first-order valence-corrected chi connectivity index (χ1v) is 8.80. The number of aliphatic hydroxyl groups excluding tert-OH is 1. The van der Waals surface area contributed by atoms with Gasteiger partial charge in [-0.15, -0.1) is 10.2 Å². The van der Waals surface area contributed by atoms with Crippen LogP contribution in [0.1, 0.15) is 36.0 Å². The molecular weight excluding hydrogens is 314 g/mol. The molecule has 1 aliphatic rings. The predicted molar refractivity (Wildman–Crippen MR) is 95.9 cm³/mol. The van der Waals surface area contributed by atoms with Gasteiger partial charge in [-0.25, -0.2) is 0 Å². The second-order valence-electron chi connectivity index (χ2n) is 6.75. The van der Waals surface area contributed by atoms with Gasteiger partial charge in [0.05, 0.1) is 5.52 Å². The molecule has 6 nitrogen and oxygen atoms in total. The number of aromatic nitrogens is 4. The standard InChI is InChI=1S/C19H23N5O/c1-23-18(13-25)21-22-19(23)15-5-4-10-24(12-15)11-14-8-9-20-17-7-3-2-6-16(14)17/h2-3,6-9,15,25H,4-5,10-13H2,1H3. The molecule has 0 saturated carbocycles. The molecule has 0 spiro atoms. The van der Waals surface area contributed by atoms with E-state index in [1.54, 1.807) is 0 Å². The first kappa shape index (κ1) is 16.2. The van der Waals surface area contributed by atoms with Gasteiger partial charge in [-0.3, -0.25) is 9.88 Å². The third-order valence-electron chi connectivity index (χ3n) is 5.14. The molecule has 1 aliphatic heterocycles. The van der Waals surface area contributed by atoms with Crippen molar-refractivity contribution in [2.24, 2.45) is 7.05 Å². The minimum absolute atomic E-state index is 0.0665. The van der Waals surface area contributed by atoms with E-state index in [1.807, 2.05) is 23.9 Å². The van der Waals surface area contributed by atoms with Gasteiger partial charge < -0.3 is 9.67 Å². The quantitative estimate of drug-likeness (QED) is 0.791. The molecule has 3 aromatic rings. The zero-order chi connectivity index (χ0) is 17.2. The third-order valence-corrected chi connectivity index (χ3v) is 5.14. The Kier molecular flexibility index (Phi) is 4.46. The van der Waals surface area contributed by atoms with Gasteiger partial charge >= 0.3 is 0 Å². The van der Waals surface area contributed by atoms with Crippen molar-refractivity contribution in [3.05, 3.63) is 53.7 Å². The van der Waals surface area contributed by atoms with Gasteiger partial charge in [0.25, 0.3) is 0 Å². The second kappa shape index (κ2) is 6.90. The number of pyridine rings is 1. The molecule has 130 valence electrons. The largest absolute Gasteiger partial charge is 0.388 e. The zero-order valence-electron chi connectivity index (χ0n) is 14.5. The first-order valence-electron chi connectivity index (χ1n) is 8.80. The van der Waals surface area contributed by atoms with Gasteiger partial charge in [0.1, 0.15) is 12.4 Å². The Morgan fingerprint density at radius 1 is 1.20 bits per heavy atom. The number of benzene rings is 1. The molecule has 1 atom stereocenters. The molecule has 1 N–H and O–H groups in total. The average Bonchev–Trinajstić information content (AvgIpc) is 3.03. The molecule has 4 rings (SSSR count). The number of likely N-dealkylation sites (tertiary alicyclic amines) is 1. The van der Waals surface area contributed by atoms with Crippen LogP contribution >= 0.6 is 0 Å². The van der Waals surface area contributed by atoms with Crippen LogP contribution in [0, 0.1) is 0 Å². The predicted octanol–water partition coefficient (Wildman–Crippen LogP) is 2.24. The highest BCUT2D eigenvalue weighted by Gasteiger charge is 2.26. The van der Waals surface area contributed by atoms with Gasteiger partial charge in [-0.1, -0.05) is 18.2 Å². The lowest BCUT2D eigenvalue weighted by Crippen LogP contribution is -2.35. The molecule has 6 heteroatoms. The van der Waals surface area contributed by atoms with E-state index in [4.69, 9.17) is 0 Å². The zero-order valence-corrected chi connectivity index (χ0v) is 14.5. The SMILES string of the molecule is Cn1c(CO)nnc1C1CCCN(Cc2ccnc3ccccc23)C1. The molecule has 1 saturated heterocycles. The average molecular weight is 337 g/mol. The van der Waals surface area contributed by atoms with Crippen LogP contribution in [0.4, 0.5) is 0 Å². The minimum Gasteiger partial charge on any atom is -0.388 e. The fourth-order valence-corrected chi connectivity index (χ4v) is 3.81. The Labute approximate surface area is 147 Å². The number of nitrogens with zero attached hydrogens (tertiary/aromatic N) is 5. The molecule has 1 unspecified atom stereocenters. The fraction of sp³-hybridized carbons (Fsp3) is 0.421. The van der Waals surface area contributed by atoms with Gasteiger partial charge in [0.2, 0.25) is 0 Å². The number of aliphatic hydroxyl groups is 1. The Bertz CT molecular complexity index is 870. The molecule has 0 bridgehead atoms. The summed E-state index contributed by atoms with van der Waals surface area (Å²) in [4.78, 5) is 6.95. The van der Waals surface area contributed by atoms with E-state index >= 15 is 0 Å². The second-order valence-corrected chi connectivity index (χ2v) is 6.75. The summed E-state index contributed by atoms with van der Waals surface area (Å²) in [5, 5.41) is 19.0. The van der Waals surface area contributed by atoms with Crippen molar-refractivity contribution >= 4 is 10.9 Å². The maximum absolute atomic E-state index is 9.34. The van der Waals surface area contributed by atoms with E-state index < -0.39 is 0 Å². The molecule has 1 aromatic carbocycles. The van der Waals surface area contributed by atoms with Crippen LogP contribution in [0.25, 0.3) is 10.9 Å². The molecule has 2 aromatic heterocycles. The summed E-state index contributed by atoms with van der Waals surface area (Å²) in [6.07, 6.45) is 4.16. The van der Waals surface area contributed by atoms with E-state index in [0.717, 1.165) is 43.8 Å². The van der Waals surface area contributed by atoms with Crippen LogP contribution in [0.15, 0.2) is 36.5 Å². The van der Waals surface area contributed by atoms with Crippen molar-refractivity contribution in [1.82, 2.24) is 24.6 Å². The highest BCUT2D eigenvalue weighted by atomic mass is 16.3. The minimum atomic E-state index is -0.0665. The Balaban J connectivity index is 1.54. The Morgan fingerprint density at radius 3 is 2.92 bits per heavy atom. The maximum atomic E-state index is 9.34. The highest BCUT2D eigenvalue weighted by molar-refractivity contribution is 5.81. The molecule has 0 aliphatic carbocycles. The van der Waals surface area contributed by atoms with Crippen molar-refractivity contribution in [3.8, 4) is 0 Å².